The number of hydrogen-bond donors (Lipinski definition) is 1. The third-order valence-electron chi connectivity index (χ3n) is 4.88. The van der Waals surface area contributed by atoms with E-state index in [4.69, 9.17) is 16.3 Å². The van der Waals surface area contributed by atoms with Crippen molar-refractivity contribution in [1.29, 1.82) is 0 Å². The van der Waals surface area contributed by atoms with Crippen LogP contribution in [0.25, 0.3) is 0 Å². The zero-order valence-electron chi connectivity index (χ0n) is 16.3. The number of rotatable bonds is 7. The van der Waals surface area contributed by atoms with E-state index in [0.29, 0.717) is 4.34 Å². The highest BCUT2D eigenvalue weighted by Gasteiger charge is 2.26. The molecule has 1 aromatic carbocycles. The molecule has 0 aliphatic carbocycles. The van der Waals surface area contributed by atoms with Gasteiger partial charge in [0.05, 0.1) is 18.0 Å². The molecule has 0 atom stereocenters. The van der Waals surface area contributed by atoms with E-state index in [2.05, 4.69) is 10.2 Å². The molecule has 1 fully saturated rings. The second-order valence-corrected chi connectivity index (χ2v) is 10.8. The Bertz CT molecular complexity index is 939. The minimum Gasteiger partial charge on any atom is -0.497 e. The summed E-state index contributed by atoms with van der Waals surface area (Å²) in [7, 11) is -0.679. The van der Waals surface area contributed by atoms with E-state index < -0.39 is 10.0 Å². The molecule has 2 aromatic rings. The number of ether oxygens (including phenoxy) is 1. The van der Waals surface area contributed by atoms with Gasteiger partial charge in [-0.15, -0.1) is 11.3 Å². The van der Waals surface area contributed by atoms with Crippen LogP contribution in [-0.2, 0) is 14.8 Å². The molecule has 158 valence electrons. The van der Waals surface area contributed by atoms with Crippen LogP contribution in [0.15, 0.2) is 40.6 Å². The number of carbonyl (C=O) groups excluding carboxylic acids is 1. The molecule has 0 saturated carbocycles. The first-order valence-corrected chi connectivity index (χ1v) is 11.8. The summed E-state index contributed by atoms with van der Waals surface area (Å²) in [6.07, 6.45) is 1.60. The molecule has 10 heteroatoms. The number of thiophene rings is 1. The molecule has 1 aliphatic rings. The van der Waals surface area contributed by atoms with Crippen molar-refractivity contribution in [2.45, 2.75) is 23.1 Å². The molecule has 0 radical (unpaired) electrons. The highest BCUT2D eigenvalue weighted by molar-refractivity contribution is 7.91. The lowest BCUT2D eigenvalue weighted by atomic mass is 10.0. The van der Waals surface area contributed by atoms with Crippen LogP contribution >= 0.6 is 22.9 Å². The Morgan fingerprint density at radius 2 is 1.90 bits per heavy atom. The van der Waals surface area contributed by atoms with Crippen LogP contribution in [0.2, 0.25) is 4.34 Å². The van der Waals surface area contributed by atoms with Gasteiger partial charge < -0.3 is 15.0 Å². The Kier molecular flexibility index (Phi) is 7.05. The van der Waals surface area contributed by atoms with Gasteiger partial charge in [-0.3, -0.25) is 4.79 Å². The van der Waals surface area contributed by atoms with E-state index in [0.717, 1.165) is 53.0 Å². The monoisotopic (exact) mass is 457 g/mol. The van der Waals surface area contributed by atoms with Crippen LogP contribution in [0.5, 0.6) is 5.75 Å². The summed E-state index contributed by atoms with van der Waals surface area (Å²) >= 11 is 6.80. The van der Waals surface area contributed by atoms with E-state index >= 15 is 0 Å². The maximum atomic E-state index is 12.5. The first-order chi connectivity index (χ1) is 13.8. The van der Waals surface area contributed by atoms with Crippen molar-refractivity contribution in [2.75, 3.05) is 38.7 Å². The highest BCUT2D eigenvalue weighted by atomic mass is 35.5. The van der Waals surface area contributed by atoms with Gasteiger partial charge >= 0.3 is 0 Å². The fraction of sp³-hybridized carbons (Fsp3) is 0.421. The lowest BCUT2D eigenvalue weighted by molar-refractivity contribution is -0.121. The molecule has 7 nitrogen and oxygen atoms in total. The molecule has 1 aliphatic heterocycles. The number of piperidine rings is 1. The molecular weight excluding hydrogens is 434 g/mol. The predicted octanol–water partition coefficient (Wildman–Crippen LogP) is 2.82. The predicted molar refractivity (Wildman–Crippen MR) is 116 cm³/mol. The van der Waals surface area contributed by atoms with Crippen molar-refractivity contribution < 1.29 is 17.9 Å². The van der Waals surface area contributed by atoms with Crippen molar-refractivity contribution >= 4 is 44.6 Å². The van der Waals surface area contributed by atoms with Crippen LogP contribution in [0, 0.1) is 0 Å². The van der Waals surface area contributed by atoms with Crippen LogP contribution in [0.3, 0.4) is 0 Å². The van der Waals surface area contributed by atoms with Crippen molar-refractivity contribution in [3.63, 3.8) is 0 Å². The summed E-state index contributed by atoms with van der Waals surface area (Å²) in [5.41, 5.74) is 1.12. The van der Waals surface area contributed by atoms with Crippen LogP contribution < -0.4 is 15.0 Å². The number of amides is 1. The van der Waals surface area contributed by atoms with Crippen LogP contribution in [-0.4, -0.2) is 58.5 Å². The molecular formula is C19H24ClN3O4S2. The van der Waals surface area contributed by atoms with Gasteiger partial charge in [-0.1, -0.05) is 11.6 Å². The topological polar surface area (TPSA) is 79.0 Å². The Hall–Kier alpha value is -1.81. The highest BCUT2D eigenvalue weighted by Crippen LogP contribution is 2.27. The fourth-order valence-corrected chi connectivity index (χ4v) is 6.05. The lowest BCUT2D eigenvalue weighted by Gasteiger charge is -2.34. The maximum Gasteiger partial charge on any atom is 0.252 e. The molecule has 0 spiro atoms. The average Bonchev–Trinajstić information content (AvgIpc) is 3.16. The van der Waals surface area contributed by atoms with Crippen molar-refractivity contribution in [3.05, 3.63) is 40.7 Å². The largest absolute Gasteiger partial charge is 0.497 e. The normalized spacial score (nSPS) is 15.5. The molecule has 1 aromatic heterocycles. The summed E-state index contributed by atoms with van der Waals surface area (Å²) in [5, 5.41) is 2.95. The molecule has 1 N–H and O–H groups in total. The molecule has 2 heterocycles. The van der Waals surface area contributed by atoms with Crippen molar-refractivity contribution in [2.24, 2.45) is 0 Å². The Morgan fingerprint density at radius 1 is 1.24 bits per heavy atom. The second kappa shape index (κ2) is 9.34. The number of sulfonamides is 1. The number of benzene rings is 1. The van der Waals surface area contributed by atoms with E-state index in [-0.39, 0.29) is 22.7 Å². The van der Waals surface area contributed by atoms with E-state index in [1.54, 1.807) is 7.11 Å². The molecule has 0 unspecified atom stereocenters. The van der Waals surface area contributed by atoms with Crippen molar-refractivity contribution in [3.8, 4) is 5.75 Å². The molecule has 1 amide bonds. The minimum atomic E-state index is -3.72. The summed E-state index contributed by atoms with van der Waals surface area (Å²) in [6, 6.07) is 10.9. The summed E-state index contributed by atoms with van der Waals surface area (Å²) in [6.45, 7) is 1.41. The quantitative estimate of drug-likeness (QED) is 0.691. The Balaban J connectivity index is 1.49. The van der Waals surface area contributed by atoms with E-state index in [1.165, 1.54) is 19.2 Å². The maximum absolute atomic E-state index is 12.5. The number of nitrogens with zero attached hydrogens (tertiary/aromatic N) is 2. The van der Waals surface area contributed by atoms with Crippen LogP contribution in [0.1, 0.15) is 12.8 Å². The number of likely N-dealkylation sites (N-methyl/N-ethyl adjacent to an activating group) is 1. The van der Waals surface area contributed by atoms with Crippen LogP contribution in [0.4, 0.5) is 5.69 Å². The zero-order chi connectivity index (χ0) is 21.0. The van der Waals surface area contributed by atoms with Gasteiger partial charge in [0.2, 0.25) is 5.91 Å². The standard InChI is InChI=1S/C19H24ClN3O4S2/c1-22(29(25,26)19-8-7-17(20)28-19)13-18(24)21-14-9-11-23(12-10-14)15-3-5-16(27-2)6-4-15/h3-8,14H,9-13H2,1-2H3,(H,21,24). The molecule has 29 heavy (non-hydrogen) atoms. The smallest absolute Gasteiger partial charge is 0.252 e. The number of anilines is 1. The van der Waals surface area contributed by atoms with Gasteiger partial charge in [-0.2, -0.15) is 4.31 Å². The van der Waals surface area contributed by atoms with Gasteiger partial charge in [0.1, 0.15) is 9.96 Å². The van der Waals surface area contributed by atoms with Gasteiger partial charge in [-0.05, 0) is 49.2 Å². The second-order valence-electron chi connectivity index (χ2n) is 6.85. The lowest BCUT2D eigenvalue weighted by Crippen LogP contribution is -2.47. The molecule has 1 saturated heterocycles. The Morgan fingerprint density at radius 3 is 2.45 bits per heavy atom. The van der Waals surface area contributed by atoms with Gasteiger partial charge in [0.15, 0.2) is 0 Å². The molecule has 0 bridgehead atoms. The summed E-state index contributed by atoms with van der Waals surface area (Å²) < 4.78 is 31.8. The van der Waals surface area contributed by atoms with Gasteiger partial charge in [0.25, 0.3) is 10.0 Å². The van der Waals surface area contributed by atoms with Crippen molar-refractivity contribution in [1.82, 2.24) is 9.62 Å². The average molecular weight is 458 g/mol. The summed E-state index contributed by atoms with van der Waals surface area (Å²) in [4.78, 5) is 14.6. The van der Waals surface area contributed by atoms with Gasteiger partial charge in [0, 0.05) is 31.9 Å². The Labute approximate surface area is 180 Å². The van der Waals surface area contributed by atoms with E-state index in [1.807, 2.05) is 24.3 Å². The van der Waals surface area contributed by atoms with Gasteiger partial charge in [-0.25, -0.2) is 8.42 Å². The van der Waals surface area contributed by atoms with E-state index in [9.17, 15) is 13.2 Å². The third kappa shape index (κ3) is 5.42. The third-order valence-corrected chi connectivity index (χ3v) is 8.38. The number of halogens is 1. The number of carbonyl (C=O) groups is 1. The number of methoxy groups -OCH3 is 1. The first-order valence-electron chi connectivity index (χ1n) is 9.19. The molecule has 3 rings (SSSR count). The minimum absolute atomic E-state index is 0.0317. The first kappa shape index (κ1) is 21.9. The summed E-state index contributed by atoms with van der Waals surface area (Å²) in [5.74, 6) is 0.515. The number of hydrogen-bond acceptors (Lipinski definition) is 6. The zero-order valence-corrected chi connectivity index (χ0v) is 18.7. The SMILES string of the molecule is COc1ccc(N2CCC(NC(=O)CN(C)S(=O)(=O)c3ccc(Cl)s3)CC2)cc1. The fourth-order valence-electron chi connectivity index (χ4n) is 3.23. The number of nitrogens with one attached hydrogen (secondary N) is 1.